The van der Waals surface area contributed by atoms with Gasteiger partial charge in [-0.1, -0.05) is 49.6 Å². The lowest BCUT2D eigenvalue weighted by Crippen LogP contribution is -2.37. The molecule has 0 unspecified atom stereocenters. The summed E-state index contributed by atoms with van der Waals surface area (Å²) in [5, 5.41) is 19.1. The van der Waals surface area contributed by atoms with Gasteiger partial charge in [-0.2, -0.15) is 5.26 Å². The summed E-state index contributed by atoms with van der Waals surface area (Å²) in [4.78, 5) is 74.8. The molecule has 0 aromatic heterocycles. The van der Waals surface area contributed by atoms with Crippen LogP contribution >= 0.6 is 0 Å². The molecule has 0 saturated heterocycles. The molecule has 0 fully saturated rings. The summed E-state index contributed by atoms with van der Waals surface area (Å²) in [6.07, 6.45) is 6.12. The second kappa shape index (κ2) is 27.0. The number of ether oxygens (including phenoxy) is 5. The summed E-state index contributed by atoms with van der Waals surface area (Å²) in [7, 11) is 5.39. The number of nitriles is 1. The normalized spacial score (nSPS) is 12.1. The minimum atomic E-state index is -1.46. The molecule has 17 nitrogen and oxygen atoms in total. The third-order valence-electron chi connectivity index (χ3n) is 9.68. The van der Waals surface area contributed by atoms with Crippen molar-refractivity contribution in [2.75, 3.05) is 95.1 Å². The van der Waals surface area contributed by atoms with E-state index in [9.17, 15) is 34.3 Å². The van der Waals surface area contributed by atoms with Crippen LogP contribution in [0.2, 0.25) is 0 Å². The van der Waals surface area contributed by atoms with Crippen molar-refractivity contribution < 1.29 is 52.8 Å². The van der Waals surface area contributed by atoms with Gasteiger partial charge in [-0.05, 0) is 78.2 Å². The van der Waals surface area contributed by atoms with Gasteiger partial charge < -0.3 is 43.5 Å². The van der Waals surface area contributed by atoms with Gasteiger partial charge in [-0.3, -0.25) is 9.59 Å². The van der Waals surface area contributed by atoms with Crippen LogP contribution in [-0.4, -0.2) is 115 Å². The lowest BCUT2D eigenvalue weighted by molar-refractivity contribution is -0.155. The van der Waals surface area contributed by atoms with Gasteiger partial charge in [0.25, 0.3) is 11.4 Å². The molecular weight excluding hydrogens is 861 g/mol. The van der Waals surface area contributed by atoms with Crippen molar-refractivity contribution in [3.63, 3.8) is 0 Å². The maximum absolute atomic E-state index is 13.3. The molecule has 348 valence electrons. The Kier molecular flexibility index (Phi) is 21.3. The predicted molar refractivity (Wildman–Crippen MR) is 252 cm³/mol. The van der Waals surface area contributed by atoms with Crippen molar-refractivity contribution in [1.82, 2.24) is 0 Å². The van der Waals surface area contributed by atoms with Gasteiger partial charge in [0.2, 0.25) is 0 Å². The highest BCUT2D eigenvalue weighted by molar-refractivity contribution is 5.98. The molecule has 0 aliphatic rings. The van der Waals surface area contributed by atoms with E-state index in [2.05, 4.69) is 22.8 Å². The van der Waals surface area contributed by atoms with E-state index in [0.29, 0.717) is 36.3 Å². The van der Waals surface area contributed by atoms with E-state index in [0.717, 1.165) is 29.2 Å². The van der Waals surface area contributed by atoms with Crippen LogP contribution < -0.4 is 14.7 Å². The van der Waals surface area contributed by atoms with Crippen LogP contribution in [-0.2, 0) is 47.7 Å². The van der Waals surface area contributed by atoms with Crippen molar-refractivity contribution in [2.45, 2.75) is 6.92 Å². The molecule has 0 heterocycles. The van der Waals surface area contributed by atoms with E-state index in [-0.39, 0.29) is 36.8 Å². The Balaban J connectivity index is 1.80. The summed E-state index contributed by atoms with van der Waals surface area (Å²) in [6.45, 7) is 23.4. The molecule has 3 aromatic rings. The molecule has 3 aromatic carbocycles. The zero-order valence-corrected chi connectivity index (χ0v) is 37.8. The first-order valence-electron chi connectivity index (χ1n) is 20.5. The summed E-state index contributed by atoms with van der Waals surface area (Å²) >= 11 is 0. The monoisotopic (exact) mass is 912 g/mol. The first kappa shape index (κ1) is 52.9. The maximum atomic E-state index is 13.3. The quantitative estimate of drug-likeness (QED) is 0.0346. The Morgan fingerprint density at radius 3 is 1.28 bits per heavy atom. The first-order chi connectivity index (χ1) is 32.1. The summed E-state index contributed by atoms with van der Waals surface area (Å²) in [5.41, 5.74) is 1.26. The molecular formula is C50H52N6O11. The lowest BCUT2D eigenvalue weighted by Gasteiger charge is -2.28. The van der Waals surface area contributed by atoms with E-state index in [4.69, 9.17) is 36.8 Å². The number of aliphatic hydroxyl groups excluding tert-OH is 1. The fraction of sp³-hybridized carbons (Fsp3) is 0.280. The standard InChI is InChI=1S/C50H52N6O11/c1-9-45(58)63-27-24-55(7)41-19-13-37(14-20-41)30-43(52-4)48(61)66-34-50(3,33-65-47(60)39(32-51)29-36-11-17-40(18-12-36)54(6)23-26-57)35-67-49(62)44(53-5)31-38-15-21-42(22-16-38)56(8)25-28-64-46(59)10-2/h9-22,29-31,57H,1-2,23-28,33-35H2,3,6-8H3/b39-29+,43-30-,44-31-. The van der Waals surface area contributed by atoms with Gasteiger partial charge >= 0.3 is 29.8 Å². The number of hydrogen-bond donors (Lipinski definition) is 1. The fourth-order valence-corrected chi connectivity index (χ4v) is 5.66. The highest BCUT2D eigenvalue weighted by Crippen LogP contribution is 2.24. The number of likely N-dealkylation sites (N-methyl/N-ethyl adjacent to an activating group) is 3. The number of benzene rings is 3. The number of aliphatic hydroxyl groups is 1. The Labute approximate surface area is 390 Å². The molecule has 0 spiro atoms. The minimum Gasteiger partial charge on any atom is -0.470 e. The third-order valence-corrected chi connectivity index (χ3v) is 9.68. The van der Waals surface area contributed by atoms with Crippen LogP contribution in [0.4, 0.5) is 17.1 Å². The molecule has 0 aliphatic carbocycles. The van der Waals surface area contributed by atoms with E-state index < -0.39 is 55.1 Å². The molecule has 0 saturated carbocycles. The fourth-order valence-electron chi connectivity index (χ4n) is 5.66. The van der Waals surface area contributed by atoms with Crippen molar-refractivity contribution >= 4 is 65.1 Å². The molecule has 0 radical (unpaired) electrons. The van der Waals surface area contributed by atoms with Crippen molar-refractivity contribution in [2.24, 2.45) is 5.41 Å². The van der Waals surface area contributed by atoms with Gasteiger partial charge in [-0.25, -0.2) is 24.1 Å². The number of rotatable bonds is 25. The van der Waals surface area contributed by atoms with Crippen LogP contribution in [0.25, 0.3) is 27.9 Å². The molecule has 0 aliphatic heterocycles. The summed E-state index contributed by atoms with van der Waals surface area (Å²) < 4.78 is 26.7. The number of carbonyl (C=O) groups excluding carboxylic acids is 5. The zero-order chi connectivity index (χ0) is 49.4. The average molecular weight is 913 g/mol. The van der Waals surface area contributed by atoms with E-state index in [1.54, 1.807) is 93.9 Å². The van der Waals surface area contributed by atoms with Gasteiger partial charge in [0.1, 0.15) is 44.7 Å². The Morgan fingerprint density at radius 1 is 0.612 bits per heavy atom. The highest BCUT2D eigenvalue weighted by Gasteiger charge is 2.32. The Morgan fingerprint density at radius 2 is 0.955 bits per heavy atom. The molecule has 3 rings (SSSR count). The van der Waals surface area contributed by atoms with Crippen LogP contribution in [0.15, 0.2) is 115 Å². The van der Waals surface area contributed by atoms with Crippen molar-refractivity contribution in [3.05, 3.63) is 155 Å². The SMILES string of the molecule is [C-]#[N+]/C(=C\c1ccc(N(C)CCOC(=O)C=C)cc1)C(=O)OCC(C)(COC(=O)/C(=C/c1ccc(N(C)CCOC(=O)C=C)cc1)[N+]#[C-])COC(=O)/C(C#N)=C/c1ccc(N(C)CCO)cc1. The molecule has 0 atom stereocenters. The van der Waals surface area contributed by atoms with E-state index >= 15 is 0 Å². The second-order valence-corrected chi connectivity index (χ2v) is 15.0. The predicted octanol–water partition coefficient (Wildman–Crippen LogP) is 5.91. The number of anilines is 3. The smallest absolute Gasteiger partial charge is 0.348 e. The number of nitrogens with zero attached hydrogens (tertiary/aromatic N) is 6. The molecule has 67 heavy (non-hydrogen) atoms. The maximum Gasteiger partial charge on any atom is 0.348 e. The van der Waals surface area contributed by atoms with Gasteiger partial charge in [0.15, 0.2) is 0 Å². The molecule has 0 bridgehead atoms. The topological polar surface area (TPSA) is 194 Å². The number of hydrogen-bond acceptors (Lipinski definition) is 15. The Hall–Kier alpha value is -8.46. The molecule has 0 amide bonds. The van der Waals surface area contributed by atoms with Crippen LogP contribution in [0.5, 0.6) is 0 Å². The Bertz CT molecular complexity index is 2340. The summed E-state index contributed by atoms with van der Waals surface area (Å²) in [5.74, 6) is -4.14. The summed E-state index contributed by atoms with van der Waals surface area (Å²) in [6, 6.07) is 22.4. The highest BCUT2D eigenvalue weighted by atomic mass is 16.6. The second-order valence-electron chi connectivity index (χ2n) is 15.0. The minimum absolute atomic E-state index is 0.0452. The van der Waals surface area contributed by atoms with Crippen LogP contribution in [0.3, 0.4) is 0 Å². The molecule has 1 N–H and O–H groups in total. The average Bonchev–Trinajstić information content (AvgIpc) is 3.34. The zero-order valence-electron chi connectivity index (χ0n) is 37.8. The van der Waals surface area contributed by atoms with Gasteiger partial charge in [0, 0.05) is 56.9 Å². The largest absolute Gasteiger partial charge is 0.470 e. The van der Waals surface area contributed by atoms with E-state index in [1.165, 1.54) is 25.2 Å². The van der Waals surface area contributed by atoms with Crippen molar-refractivity contribution in [3.8, 4) is 6.07 Å². The molecule has 17 heteroatoms. The van der Waals surface area contributed by atoms with Crippen LogP contribution in [0, 0.1) is 29.9 Å². The van der Waals surface area contributed by atoms with Crippen molar-refractivity contribution in [1.29, 1.82) is 5.26 Å². The van der Waals surface area contributed by atoms with E-state index in [1.807, 2.05) is 20.8 Å². The lowest BCUT2D eigenvalue weighted by atomic mass is 9.94. The van der Waals surface area contributed by atoms with Crippen LogP contribution in [0.1, 0.15) is 23.6 Å². The number of carbonyl (C=O) groups is 5. The first-order valence-corrected chi connectivity index (χ1v) is 20.5. The number of esters is 5. The third kappa shape index (κ3) is 17.6. The van der Waals surface area contributed by atoms with Gasteiger partial charge in [-0.15, -0.1) is 0 Å². The van der Waals surface area contributed by atoms with Gasteiger partial charge in [0.05, 0.1) is 38.3 Å².